The molecule has 0 radical (unpaired) electrons. The Morgan fingerprint density at radius 2 is 1.76 bits per heavy atom. The fraction of sp³-hybridized carbons (Fsp3) is 0.286. The molecule has 0 fully saturated rings. The molecule has 0 spiro atoms. The number of thioether (sulfide) groups is 1. The first kappa shape index (κ1) is 17.8. The molecule has 0 saturated heterocycles. The predicted octanol–water partition coefficient (Wildman–Crippen LogP) is 4.82. The summed E-state index contributed by atoms with van der Waals surface area (Å²) in [6.45, 7) is 7.02. The molecule has 0 aliphatic heterocycles. The summed E-state index contributed by atoms with van der Waals surface area (Å²) in [5, 5.41) is 10.6. The van der Waals surface area contributed by atoms with E-state index in [9.17, 15) is 5.11 Å². The van der Waals surface area contributed by atoms with Crippen molar-refractivity contribution >= 4 is 11.8 Å². The summed E-state index contributed by atoms with van der Waals surface area (Å²) in [6, 6.07) is 17.2. The minimum absolute atomic E-state index is 0.0115. The Balaban J connectivity index is 1.87. The molecule has 0 saturated carbocycles. The summed E-state index contributed by atoms with van der Waals surface area (Å²) in [5.74, 6) is 1.91. The van der Waals surface area contributed by atoms with E-state index in [1.54, 1.807) is 11.8 Å². The van der Waals surface area contributed by atoms with Crippen LogP contribution in [0.4, 0.5) is 0 Å². The van der Waals surface area contributed by atoms with Gasteiger partial charge in [-0.3, -0.25) is 0 Å². The van der Waals surface area contributed by atoms with E-state index in [1.165, 1.54) is 22.3 Å². The fourth-order valence-corrected chi connectivity index (χ4v) is 3.97. The van der Waals surface area contributed by atoms with Gasteiger partial charge in [0.1, 0.15) is 10.9 Å². The lowest BCUT2D eigenvalue weighted by atomic mass is 10.00. The van der Waals surface area contributed by atoms with Crippen molar-refractivity contribution in [3.05, 3.63) is 71.2 Å². The Labute approximate surface area is 153 Å². The number of hydrogen-bond acceptors (Lipinski definition) is 3. The topological polar surface area (TPSA) is 38.1 Å². The Morgan fingerprint density at radius 3 is 2.40 bits per heavy atom. The first-order chi connectivity index (χ1) is 12.1. The number of aliphatic hydroxyl groups is 1. The molecule has 3 nitrogen and oxygen atoms in total. The molecule has 3 aromatic rings. The van der Waals surface area contributed by atoms with Crippen LogP contribution < -0.4 is 0 Å². The maximum absolute atomic E-state index is 9.55. The molecule has 3 rings (SSSR count). The minimum Gasteiger partial charge on any atom is -0.390 e. The monoisotopic (exact) mass is 352 g/mol. The van der Waals surface area contributed by atoms with Gasteiger partial charge in [-0.2, -0.15) is 0 Å². The molecule has 1 heterocycles. The van der Waals surface area contributed by atoms with Gasteiger partial charge in [-0.1, -0.05) is 55.5 Å². The quantitative estimate of drug-likeness (QED) is 0.646. The highest BCUT2D eigenvalue weighted by atomic mass is 32.2. The Bertz CT molecular complexity index is 853. The van der Waals surface area contributed by atoms with Gasteiger partial charge < -0.3 is 9.67 Å². The standard InChI is InChI=1S/C21H24N2OS/c1-4-25-21-20(14-24)22-16(3)23(21)13-17-9-11-18(12-10-17)19-8-6-5-7-15(19)2/h5-12,24H,4,13-14H2,1-3H3. The largest absolute Gasteiger partial charge is 0.390 e. The van der Waals surface area contributed by atoms with Gasteiger partial charge in [-0.25, -0.2) is 4.98 Å². The average Bonchev–Trinajstić information content (AvgIpc) is 2.92. The number of benzene rings is 2. The number of nitrogens with zero attached hydrogens (tertiary/aromatic N) is 2. The van der Waals surface area contributed by atoms with Gasteiger partial charge in [0, 0.05) is 6.54 Å². The van der Waals surface area contributed by atoms with E-state index in [1.807, 2.05) is 6.92 Å². The summed E-state index contributed by atoms with van der Waals surface area (Å²) >= 11 is 1.74. The summed E-state index contributed by atoms with van der Waals surface area (Å²) < 4.78 is 2.20. The molecule has 0 unspecified atom stereocenters. The van der Waals surface area contributed by atoms with Crippen molar-refractivity contribution in [2.24, 2.45) is 0 Å². The maximum Gasteiger partial charge on any atom is 0.107 e. The first-order valence-electron chi connectivity index (χ1n) is 8.58. The summed E-state index contributed by atoms with van der Waals surface area (Å²) in [7, 11) is 0. The van der Waals surface area contributed by atoms with Crippen LogP contribution in [0.1, 0.15) is 29.6 Å². The van der Waals surface area contributed by atoms with Crippen LogP contribution in [0, 0.1) is 13.8 Å². The van der Waals surface area contributed by atoms with Crippen molar-refractivity contribution in [3.63, 3.8) is 0 Å². The summed E-state index contributed by atoms with van der Waals surface area (Å²) in [5.41, 5.74) is 5.82. The van der Waals surface area contributed by atoms with Crippen LogP contribution in [0.15, 0.2) is 53.6 Å². The predicted molar refractivity (Wildman–Crippen MR) is 105 cm³/mol. The molecular weight excluding hydrogens is 328 g/mol. The van der Waals surface area contributed by atoms with Crippen molar-refractivity contribution in [1.82, 2.24) is 9.55 Å². The molecule has 1 aromatic heterocycles. The number of aryl methyl sites for hydroxylation is 2. The number of imidazole rings is 1. The third-order valence-corrected chi connectivity index (χ3v) is 5.38. The van der Waals surface area contributed by atoms with Crippen molar-refractivity contribution in [1.29, 1.82) is 0 Å². The second-order valence-corrected chi connectivity index (χ2v) is 7.35. The lowest BCUT2D eigenvalue weighted by Gasteiger charge is -2.12. The molecule has 2 aromatic carbocycles. The third-order valence-electron chi connectivity index (χ3n) is 4.36. The maximum atomic E-state index is 9.55. The number of aliphatic hydroxyl groups excluding tert-OH is 1. The summed E-state index contributed by atoms with van der Waals surface area (Å²) in [6.07, 6.45) is 0. The highest BCUT2D eigenvalue weighted by Crippen LogP contribution is 2.27. The zero-order valence-corrected chi connectivity index (χ0v) is 15.8. The van der Waals surface area contributed by atoms with Crippen LogP contribution in [0.3, 0.4) is 0 Å². The van der Waals surface area contributed by atoms with E-state index < -0.39 is 0 Å². The minimum atomic E-state index is -0.0115. The Hall–Kier alpha value is -2.04. The van der Waals surface area contributed by atoms with Gasteiger partial charge in [0.25, 0.3) is 0 Å². The zero-order chi connectivity index (χ0) is 17.8. The number of aromatic nitrogens is 2. The van der Waals surface area contributed by atoms with Gasteiger partial charge in [-0.05, 0) is 41.9 Å². The molecule has 0 atom stereocenters. The average molecular weight is 353 g/mol. The van der Waals surface area contributed by atoms with Crippen LogP contribution in [0.2, 0.25) is 0 Å². The lowest BCUT2D eigenvalue weighted by molar-refractivity contribution is 0.273. The Morgan fingerprint density at radius 1 is 1.04 bits per heavy atom. The van der Waals surface area contributed by atoms with Crippen molar-refractivity contribution in [2.75, 3.05) is 5.75 Å². The van der Waals surface area contributed by atoms with Crippen LogP contribution in [0.5, 0.6) is 0 Å². The highest BCUT2D eigenvalue weighted by molar-refractivity contribution is 7.99. The summed E-state index contributed by atoms with van der Waals surface area (Å²) in [4.78, 5) is 4.51. The smallest absolute Gasteiger partial charge is 0.107 e. The normalized spacial score (nSPS) is 11.0. The van der Waals surface area contributed by atoms with Gasteiger partial charge in [0.05, 0.1) is 12.3 Å². The van der Waals surface area contributed by atoms with Gasteiger partial charge in [0.15, 0.2) is 0 Å². The van der Waals surface area contributed by atoms with E-state index >= 15 is 0 Å². The van der Waals surface area contributed by atoms with Crippen LogP contribution in [-0.4, -0.2) is 20.4 Å². The van der Waals surface area contributed by atoms with E-state index in [0.717, 1.165) is 28.8 Å². The zero-order valence-electron chi connectivity index (χ0n) is 15.0. The first-order valence-corrected chi connectivity index (χ1v) is 9.57. The van der Waals surface area contributed by atoms with Crippen LogP contribution >= 0.6 is 11.8 Å². The Kier molecular flexibility index (Phi) is 5.61. The van der Waals surface area contributed by atoms with Gasteiger partial charge in [0.2, 0.25) is 0 Å². The lowest BCUT2D eigenvalue weighted by Crippen LogP contribution is -2.04. The number of rotatable bonds is 6. The van der Waals surface area contributed by atoms with Crippen molar-refractivity contribution < 1.29 is 5.11 Å². The van der Waals surface area contributed by atoms with E-state index in [2.05, 4.69) is 71.9 Å². The van der Waals surface area contributed by atoms with E-state index in [-0.39, 0.29) is 6.61 Å². The molecule has 0 bridgehead atoms. The fourth-order valence-electron chi connectivity index (χ4n) is 3.06. The van der Waals surface area contributed by atoms with E-state index in [0.29, 0.717) is 0 Å². The van der Waals surface area contributed by atoms with Crippen LogP contribution in [-0.2, 0) is 13.2 Å². The molecule has 0 amide bonds. The highest BCUT2D eigenvalue weighted by Gasteiger charge is 2.14. The molecule has 4 heteroatoms. The second kappa shape index (κ2) is 7.89. The molecule has 1 N–H and O–H groups in total. The van der Waals surface area contributed by atoms with Crippen molar-refractivity contribution in [2.45, 2.75) is 38.9 Å². The third kappa shape index (κ3) is 3.80. The number of hydrogen-bond donors (Lipinski definition) is 1. The van der Waals surface area contributed by atoms with E-state index in [4.69, 9.17) is 0 Å². The van der Waals surface area contributed by atoms with Crippen LogP contribution in [0.25, 0.3) is 11.1 Å². The second-order valence-electron chi connectivity index (χ2n) is 6.10. The molecule has 130 valence electrons. The molecule has 25 heavy (non-hydrogen) atoms. The molecular formula is C21H24N2OS. The van der Waals surface area contributed by atoms with Gasteiger partial charge >= 0.3 is 0 Å². The SMILES string of the molecule is CCSc1c(CO)nc(C)n1Cc1ccc(-c2ccccc2C)cc1. The van der Waals surface area contributed by atoms with Crippen molar-refractivity contribution in [3.8, 4) is 11.1 Å². The molecule has 0 aliphatic rings. The van der Waals surface area contributed by atoms with Gasteiger partial charge in [-0.15, -0.1) is 11.8 Å². The molecule has 0 aliphatic carbocycles.